The third kappa shape index (κ3) is 8.90. The minimum atomic E-state index is -3.84. The molecule has 3 N–H and O–H groups in total. The zero-order valence-electron chi connectivity index (χ0n) is 10.1. The first-order valence-corrected chi connectivity index (χ1v) is 6.94. The lowest BCUT2D eigenvalue weighted by Gasteiger charge is -2.09. The van der Waals surface area contributed by atoms with Crippen molar-refractivity contribution in [2.45, 2.75) is 26.7 Å². The summed E-state index contributed by atoms with van der Waals surface area (Å²) >= 11 is 0. The van der Waals surface area contributed by atoms with E-state index >= 15 is 0 Å². The van der Waals surface area contributed by atoms with Gasteiger partial charge in [0.05, 0.1) is 6.61 Å². The highest BCUT2D eigenvalue weighted by atomic mass is 32.2. The van der Waals surface area contributed by atoms with Crippen molar-refractivity contribution in [2.75, 3.05) is 19.8 Å². The van der Waals surface area contributed by atoms with Crippen molar-refractivity contribution in [2.24, 2.45) is 5.92 Å². The van der Waals surface area contributed by atoms with Gasteiger partial charge in [-0.25, -0.2) is 9.52 Å². The summed E-state index contributed by atoms with van der Waals surface area (Å²) in [5.74, 6) is 0.137. The van der Waals surface area contributed by atoms with Gasteiger partial charge in [-0.3, -0.25) is 0 Å². The van der Waals surface area contributed by atoms with Crippen molar-refractivity contribution in [3.05, 3.63) is 0 Å². The molecule has 0 aromatic carbocycles. The molecule has 0 saturated carbocycles. The molecule has 0 aromatic rings. The van der Waals surface area contributed by atoms with Crippen LogP contribution in [0, 0.1) is 5.92 Å². The van der Waals surface area contributed by atoms with Crippen molar-refractivity contribution < 1.29 is 23.1 Å². The van der Waals surface area contributed by atoms with E-state index < -0.39 is 16.3 Å². The molecule has 17 heavy (non-hydrogen) atoms. The summed E-state index contributed by atoms with van der Waals surface area (Å²) in [5.41, 5.74) is 0. The minimum absolute atomic E-state index is 0.0772. The molecule has 0 aromatic heterocycles. The monoisotopic (exact) mass is 268 g/mol. The van der Waals surface area contributed by atoms with Crippen LogP contribution in [0.1, 0.15) is 26.7 Å². The predicted octanol–water partition coefficient (Wildman–Crippen LogP) is -0.0245. The number of rotatable bonds is 8. The van der Waals surface area contributed by atoms with E-state index in [1.165, 1.54) is 0 Å². The summed E-state index contributed by atoms with van der Waals surface area (Å²) < 4.78 is 30.9. The molecular formula is C9H20N2O5S. The van der Waals surface area contributed by atoms with E-state index in [1.807, 2.05) is 6.92 Å². The van der Waals surface area contributed by atoms with Gasteiger partial charge in [0.15, 0.2) is 0 Å². The maximum atomic E-state index is 11.3. The lowest BCUT2D eigenvalue weighted by molar-refractivity contribution is 0.158. The first kappa shape index (κ1) is 16.1. The van der Waals surface area contributed by atoms with Gasteiger partial charge in [-0.15, -0.1) is 0 Å². The molecule has 0 saturated heterocycles. The normalized spacial score (nSPS) is 13.1. The van der Waals surface area contributed by atoms with E-state index in [0.717, 1.165) is 0 Å². The molecule has 1 atom stereocenters. The van der Waals surface area contributed by atoms with Crippen molar-refractivity contribution >= 4 is 16.3 Å². The van der Waals surface area contributed by atoms with Crippen LogP contribution in [0.4, 0.5) is 4.79 Å². The van der Waals surface area contributed by atoms with Crippen LogP contribution in [0.2, 0.25) is 0 Å². The summed E-state index contributed by atoms with van der Waals surface area (Å²) in [4.78, 5) is 10.9. The highest BCUT2D eigenvalue weighted by molar-refractivity contribution is 7.88. The van der Waals surface area contributed by atoms with Gasteiger partial charge in [0.25, 0.3) is 0 Å². The Bertz CT molecular complexity index is 317. The fraction of sp³-hybridized carbons (Fsp3) is 0.889. The van der Waals surface area contributed by atoms with E-state index in [0.29, 0.717) is 12.8 Å². The van der Waals surface area contributed by atoms with E-state index in [4.69, 9.17) is 5.11 Å². The van der Waals surface area contributed by atoms with Crippen molar-refractivity contribution in [1.82, 2.24) is 9.44 Å². The van der Waals surface area contributed by atoms with E-state index in [2.05, 4.69) is 9.46 Å². The number of carbonyl (C=O) groups is 1. The number of amides is 1. The molecular weight excluding hydrogens is 248 g/mol. The van der Waals surface area contributed by atoms with Crippen molar-refractivity contribution in [1.29, 1.82) is 0 Å². The molecule has 1 unspecified atom stereocenters. The highest BCUT2D eigenvalue weighted by Gasteiger charge is 2.13. The zero-order valence-corrected chi connectivity index (χ0v) is 10.9. The van der Waals surface area contributed by atoms with Crippen LogP contribution in [0.25, 0.3) is 0 Å². The summed E-state index contributed by atoms with van der Waals surface area (Å²) in [6.07, 6.45) is 0.299. The number of nitrogens with one attached hydrogen (secondary N) is 2. The summed E-state index contributed by atoms with van der Waals surface area (Å²) in [5, 5.41) is 8.76. The lowest BCUT2D eigenvalue weighted by Crippen LogP contribution is -2.40. The van der Waals surface area contributed by atoms with Gasteiger partial charge in [-0.1, -0.05) is 6.92 Å². The number of hydrogen-bond donors (Lipinski definition) is 3. The number of carbonyl (C=O) groups excluding carboxylic acids is 1. The number of ether oxygens (including phenoxy) is 1. The Hall–Kier alpha value is -0.860. The predicted molar refractivity (Wildman–Crippen MR) is 62.6 cm³/mol. The molecule has 0 radical (unpaired) electrons. The molecule has 0 aliphatic carbocycles. The largest absolute Gasteiger partial charge is 0.449 e. The van der Waals surface area contributed by atoms with Gasteiger partial charge in [0, 0.05) is 13.2 Å². The van der Waals surface area contributed by atoms with Crippen LogP contribution in [0.15, 0.2) is 0 Å². The van der Waals surface area contributed by atoms with Gasteiger partial charge >= 0.3 is 16.3 Å². The Kier molecular flexibility index (Phi) is 7.85. The number of aliphatic hydroxyl groups is 1. The Morgan fingerprint density at radius 3 is 2.65 bits per heavy atom. The average molecular weight is 268 g/mol. The Balaban J connectivity index is 3.83. The molecule has 8 heteroatoms. The van der Waals surface area contributed by atoms with Crippen LogP contribution in [0.5, 0.6) is 0 Å². The van der Waals surface area contributed by atoms with Gasteiger partial charge in [0.1, 0.15) is 0 Å². The van der Waals surface area contributed by atoms with E-state index in [9.17, 15) is 13.2 Å². The molecule has 0 bridgehead atoms. The maximum Gasteiger partial charge on any atom is 0.421 e. The molecule has 0 rings (SSSR count). The quantitative estimate of drug-likeness (QED) is 0.536. The lowest BCUT2D eigenvalue weighted by atomic mass is 10.1. The van der Waals surface area contributed by atoms with E-state index in [1.54, 1.807) is 11.6 Å². The molecule has 0 aliphatic heterocycles. The first-order valence-electron chi connectivity index (χ1n) is 5.46. The van der Waals surface area contributed by atoms with Gasteiger partial charge in [-0.2, -0.15) is 13.1 Å². The summed E-state index contributed by atoms with van der Waals surface area (Å²) in [6.45, 7) is 3.84. The zero-order chi connectivity index (χ0) is 13.3. The number of hydrogen-bond acceptors (Lipinski definition) is 5. The second-order valence-electron chi connectivity index (χ2n) is 3.65. The minimum Gasteiger partial charge on any atom is -0.449 e. The fourth-order valence-electron chi connectivity index (χ4n) is 1.05. The van der Waals surface area contributed by atoms with Gasteiger partial charge in [0.2, 0.25) is 0 Å². The van der Waals surface area contributed by atoms with Crippen LogP contribution in [-0.4, -0.2) is 39.4 Å². The SMILES string of the molecule is CCOC(=O)NS(=O)(=O)NCCCC(C)CO. The van der Waals surface area contributed by atoms with E-state index in [-0.39, 0.29) is 25.7 Å². The second kappa shape index (κ2) is 8.26. The molecule has 0 fully saturated rings. The molecule has 0 aliphatic rings. The third-order valence-corrected chi connectivity index (χ3v) is 2.99. The van der Waals surface area contributed by atoms with Crippen molar-refractivity contribution in [3.8, 4) is 0 Å². The Morgan fingerprint density at radius 1 is 1.47 bits per heavy atom. The summed E-state index contributed by atoms with van der Waals surface area (Å²) in [6, 6.07) is 0. The second-order valence-corrected chi connectivity index (χ2v) is 5.15. The molecule has 102 valence electrons. The van der Waals surface area contributed by atoms with Gasteiger partial charge in [-0.05, 0) is 25.7 Å². The average Bonchev–Trinajstić information content (AvgIpc) is 2.23. The highest BCUT2D eigenvalue weighted by Crippen LogP contribution is 2.02. The Labute approximate surface area is 102 Å². The molecule has 0 heterocycles. The van der Waals surface area contributed by atoms with Crippen LogP contribution >= 0.6 is 0 Å². The topological polar surface area (TPSA) is 105 Å². The smallest absolute Gasteiger partial charge is 0.421 e. The fourth-order valence-corrected chi connectivity index (χ4v) is 1.82. The molecule has 7 nitrogen and oxygen atoms in total. The standard InChI is InChI=1S/C9H20N2O5S/c1-3-16-9(13)11-17(14,15)10-6-4-5-8(2)7-12/h8,10,12H,3-7H2,1-2H3,(H,11,13). The van der Waals surface area contributed by atoms with Gasteiger partial charge < -0.3 is 9.84 Å². The van der Waals surface area contributed by atoms with Crippen LogP contribution < -0.4 is 9.44 Å². The summed E-state index contributed by atoms with van der Waals surface area (Å²) in [7, 11) is -3.84. The van der Waals surface area contributed by atoms with Crippen molar-refractivity contribution in [3.63, 3.8) is 0 Å². The Morgan fingerprint density at radius 2 is 2.12 bits per heavy atom. The first-order chi connectivity index (χ1) is 7.91. The molecule has 1 amide bonds. The third-order valence-electron chi connectivity index (χ3n) is 1.97. The number of aliphatic hydroxyl groups excluding tert-OH is 1. The van der Waals surface area contributed by atoms with Crippen LogP contribution in [-0.2, 0) is 14.9 Å². The maximum absolute atomic E-state index is 11.3. The van der Waals surface area contributed by atoms with Crippen LogP contribution in [0.3, 0.4) is 0 Å². The molecule has 0 spiro atoms.